The molecule has 152 valence electrons. The third-order valence-corrected chi connectivity index (χ3v) is 7.87. The zero-order valence-corrected chi connectivity index (χ0v) is 17.7. The second-order valence-corrected chi connectivity index (χ2v) is 10.8. The van der Waals surface area contributed by atoms with Gasteiger partial charge in [-0.25, -0.2) is 16.8 Å². The molecule has 1 unspecified atom stereocenters. The summed E-state index contributed by atoms with van der Waals surface area (Å²) < 4.78 is 55.8. The second kappa shape index (κ2) is 7.73. The quantitative estimate of drug-likeness (QED) is 0.730. The molecule has 2 aromatic rings. The van der Waals surface area contributed by atoms with Crippen LogP contribution in [0.15, 0.2) is 58.3 Å². The Morgan fingerprint density at radius 2 is 1.61 bits per heavy atom. The van der Waals surface area contributed by atoms with Crippen molar-refractivity contribution in [3.63, 3.8) is 0 Å². The molecule has 0 saturated carbocycles. The summed E-state index contributed by atoms with van der Waals surface area (Å²) in [6.07, 6.45) is 1.09. The number of benzene rings is 2. The molecular formula is C19H24N2O5S2. The molecule has 28 heavy (non-hydrogen) atoms. The predicted octanol–water partition coefficient (Wildman–Crippen LogP) is 2.00. The van der Waals surface area contributed by atoms with Gasteiger partial charge in [-0.2, -0.15) is 4.31 Å². The molecule has 0 radical (unpaired) electrons. The minimum atomic E-state index is -3.69. The van der Waals surface area contributed by atoms with Crippen molar-refractivity contribution in [2.24, 2.45) is 0 Å². The van der Waals surface area contributed by atoms with Crippen LogP contribution in [-0.2, 0) is 19.9 Å². The molecule has 3 rings (SSSR count). The Hall–Kier alpha value is -2.10. The monoisotopic (exact) mass is 424 g/mol. The maximum absolute atomic E-state index is 13.0. The lowest BCUT2D eigenvalue weighted by atomic mass is 10.1. The van der Waals surface area contributed by atoms with Gasteiger partial charge in [-0.15, -0.1) is 0 Å². The molecule has 7 nitrogen and oxygen atoms in total. The molecule has 1 heterocycles. The Morgan fingerprint density at radius 1 is 0.964 bits per heavy atom. The van der Waals surface area contributed by atoms with Crippen LogP contribution < -0.4 is 9.64 Å². The smallest absolute Gasteiger partial charge is 0.243 e. The predicted molar refractivity (Wildman–Crippen MR) is 108 cm³/mol. The molecule has 1 atom stereocenters. The third kappa shape index (κ3) is 4.16. The van der Waals surface area contributed by atoms with Crippen LogP contribution in [0.4, 0.5) is 5.69 Å². The molecule has 1 aliphatic rings. The van der Waals surface area contributed by atoms with Crippen LogP contribution in [0.1, 0.15) is 6.92 Å². The van der Waals surface area contributed by atoms with Gasteiger partial charge in [0.1, 0.15) is 5.75 Å². The number of hydrogen-bond donors (Lipinski definition) is 0. The topological polar surface area (TPSA) is 84.0 Å². The molecule has 1 aliphatic heterocycles. The van der Waals surface area contributed by atoms with Crippen molar-refractivity contribution < 1.29 is 21.6 Å². The highest BCUT2D eigenvalue weighted by atomic mass is 32.2. The maximum atomic E-state index is 13.0. The summed E-state index contributed by atoms with van der Waals surface area (Å²) in [5.74, 6) is 0.755. The maximum Gasteiger partial charge on any atom is 0.243 e. The van der Waals surface area contributed by atoms with Gasteiger partial charge in [-0.1, -0.05) is 6.07 Å². The number of nitrogens with zero attached hydrogens (tertiary/aromatic N) is 2. The summed E-state index contributed by atoms with van der Waals surface area (Å²) in [4.78, 5) is 2.35. The SMILES string of the molecule is COc1cccc(N2CCN(S(=O)(=O)c3ccc(S(C)(=O)=O)cc3)CC2C)c1. The molecule has 9 heteroatoms. The van der Waals surface area contributed by atoms with Crippen molar-refractivity contribution in [3.05, 3.63) is 48.5 Å². The van der Waals surface area contributed by atoms with Crippen LogP contribution in [0.5, 0.6) is 5.75 Å². The zero-order chi connectivity index (χ0) is 20.5. The highest BCUT2D eigenvalue weighted by molar-refractivity contribution is 7.90. The van der Waals surface area contributed by atoms with Gasteiger partial charge in [-0.3, -0.25) is 0 Å². The molecule has 0 aliphatic carbocycles. The normalized spacial score (nSPS) is 18.8. The van der Waals surface area contributed by atoms with Crippen LogP contribution in [0, 0.1) is 0 Å². The van der Waals surface area contributed by atoms with E-state index >= 15 is 0 Å². The summed E-state index contributed by atoms with van der Waals surface area (Å²) in [5, 5.41) is 0. The Kier molecular flexibility index (Phi) is 5.69. The first-order chi connectivity index (χ1) is 13.1. The standard InChI is InChI=1S/C19H24N2O5S2/c1-15-14-20(11-12-21(15)16-5-4-6-17(13-16)26-2)28(24,25)19-9-7-18(8-10-19)27(3,22)23/h4-10,13,15H,11-12,14H2,1-3H3. The zero-order valence-electron chi connectivity index (χ0n) is 16.1. The molecule has 0 amide bonds. The van der Waals surface area contributed by atoms with Gasteiger partial charge >= 0.3 is 0 Å². The lowest BCUT2D eigenvalue weighted by molar-refractivity contribution is 0.342. The number of sulfone groups is 1. The average Bonchev–Trinajstić information content (AvgIpc) is 2.67. The minimum Gasteiger partial charge on any atom is -0.497 e. The molecule has 0 spiro atoms. The molecule has 1 fully saturated rings. The molecular weight excluding hydrogens is 400 g/mol. The van der Waals surface area contributed by atoms with E-state index in [4.69, 9.17) is 4.74 Å². The van der Waals surface area contributed by atoms with E-state index in [2.05, 4.69) is 4.90 Å². The highest BCUT2D eigenvalue weighted by Crippen LogP contribution is 2.27. The Bertz CT molecular complexity index is 1050. The minimum absolute atomic E-state index is 0.0223. The Morgan fingerprint density at radius 3 is 2.18 bits per heavy atom. The van der Waals surface area contributed by atoms with Gasteiger partial charge in [0.15, 0.2) is 9.84 Å². The number of anilines is 1. The number of piperazine rings is 1. The number of hydrogen-bond acceptors (Lipinski definition) is 6. The summed E-state index contributed by atoms with van der Waals surface area (Å²) in [6, 6.07) is 13.0. The summed E-state index contributed by atoms with van der Waals surface area (Å²) in [7, 11) is -5.44. The fraction of sp³-hybridized carbons (Fsp3) is 0.368. The third-order valence-electron chi connectivity index (χ3n) is 4.86. The van der Waals surface area contributed by atoms with Gasteiger partial charge < -0.3 is 9.64 Å². The van der Waals surface area contributed by atoms with Crippen molar-refractivity contribution >= 4 is 25.5 Å². The van der Waals surface area contributed by atoms with E-state index in [1.807, 2.05) is 31.2 Å². The van der Waals surface area contributed by atoms with E-state index in [1.54, 1.807) is 7.11 Å². The Balaban J connectivity index is 1.78. The first-order valence-corrected chi connectivity index (χ1v) is 12.2. The molecule has 0 N–H and O–H groups in total. The largest absolute Gasteiger partial charge is 0.497 e. The fourth-order valence-electron chi connectivity index (χ4n) is 3.32. The van der Waals surface area contributed by atoms with Crippen molar-refractivity contribution in [2.45, 2.75) is 22.8 Å². The van der Waals surface area contributed by atoms with Gasteiger partial charge in [0, 0.05) is 43.7 Å². The molecule has 2 aromatic carbocycles. The van der Waals surface area contributed by atoms with Gasteiger partial charge in [0.05, 0.1) is 16.9 Å². The Labute approximate surface area is 166 Å². The van der Waals surface area contributed by atoms with Crippen molar-refractivity contribution in [3.8, 4) is 5.75 Å². The summed E-state index contributed by atoms with van der Waals surface area (Å²) in [6.45, 7) is 3.22. The molecule has 0 aromatic heterocycles. The number of sulfonamides is 1. The summed E-state index contributed by atoms with van der Waals surface area (Å²) in [5.41, 5.74) is 0.987. The fourth-order valence-corrected chi connectivity index (χ4v) is 5.47. The van der Waals surface area contributed by atoms with Gasteiger partial charge in [-0.05, 0) is 43.3 Å². The van der Waals surface area contributed by atoms with Crippen LogP contribution in [0.2, 0.25) is 0 Å². The number of rotatable bonds is 5. The highest BCUT2D eigenvalue weighted by Gasteiger charge is 2.32. The summed E-state index contributed by atoms with van der Waals surface area (Å²) >= 11 is 0. The number of methoxy groups -OCH3 is 1. The second-order valence-electron chi connectivity index (χ2n) is 6.85. The van der Waals surface area contributed by atoms with Crippen LogP contribution in [-0.4, -0.2) is 60.2 Å². The lowest BCUT2D eigenvalue weighted by Crippen LogP contribution is -2.53. The van der Waals surface area contributed by atoms with Gasteiger partial charge in [0.25, 0.3) is 0 Å². The van der Waals surface area contributed by atoms with Crippen molar-refractivity contribution in [1.29, 1.82) is 0 Å². The van der Waals surface area contributed by atoms with Crippen molar-refractivity contribution in [1.82, 2.24) is 4.31 Å². The average molecular weight is 425 g/mol. The van der Waals surface area contributed by atoms with Crippen LogP contribution in [0.3, 0.4) is 0 Å². The molecule has 1 saturated heterocycles. The van der Waals surface area contributed by atoms with Crippen LogP contribution >= 0.6 is 0 Å². The van der Waals surface area contributed by atoms with E-state index < -0.39 is 19.9 Å². The van der Waals surface area contributed by atoms with E-state index in [-0.39, 0.29) is 15.8 Å². The number of ether oxygens (including phenoxy) is 1. The first-order valence-electron chi connectivity index (χ1n) is 8.84. The molecule has 0 bridgehead atoms. The van der Waals surface area contributed by atoms with E-state index in [1.165, 1.54) is 28.6 Å². The van der Waals surface area contributed by atoms with Crippen molar-refractivity contribution in [2.75, 3.05) is 37.9 Å². The van der Waals surface area contributed by atoms with E-state index in [0.717, 1.165) is 17.7 Å². The van der Waals surface area contributed by atoms with Crippen LogP contribution in [0.25, 0.3) is 0 Å². The lowest BCUT2D eigenvalue weighted by Gasteiger charge is -2.40. The van der Waals surface area contributed by atoms with E-state index in [0.29, 0.717) is 19.6 Å². The van der Waals surface area contributed by atoms with E-state index in [9.17, 15) is 16.8 Å². The first kappa shape index (κ1) is 20.6. The van der Waals surface area contributed by atoms with Gasteiger partial charge in [0.2, 0.25) is 10.0 Å².